The third-order valence-corrected chi connectivity index (χ3v) is 3.78. The molecule has 1 unspecified atom stereocenters. The largest absolute Gasteiger partial charge is 0.354 e. The first kappa shape index (κ1) is 14.1. The van der Waals surface area contributed by atoms with Gasteiger partial charge >= 0.3 is 0 Å². The van der Waals surface area contributed by atoms with E-state index in [0.29, 0.717) is 17.1 Å². The second-order valence-corrected chi connectivity index (χ2v) is 5.57. The van der Waals surface area contributed by atoms with E-state index < -0.39 is 0 Å². The quantitative estimate of drug-likeness (QED) is 0.882. The number of hydrogen-bond acceptors (Lipinski definition) is 6. The highest BCUT2D eigenvalue weighted by Crippen LogP contribution is 2.12. The van der Waals surface area contributed by atoms with Crippen LogP contribution in [0.2, 0.25) is 5.28 Å². The van der Waals surface area contributed by atoms with Crippen LogP contribution in [0.15, 0.2) is 18.7 Å². The predicted octanol–water partition coefficient (Wildman–Crippen LogP) is 2.26. The maximum Gasteiger partial charge on any atom is 0.241 e. The SMILES string of the molecule is CSC(C)CCNc1nc(Cl)nc(-n2ccnc2)n1. The van der Waals surface area contributed by atoms with Crippen molar-refractivity contribution in [3.63, 3.8) is 0 Å². The fourth-order valence-corrected chi connectivity index (χ4v) is 1.93. The summed E-state index contributed by atoms with van der Waals surface area (Å²) in [6, 6.07) is 0. The Hall–Kier alpha value is -1.34. The molecule has 0 aliphatic heterocycles. The van der Waals surface area contributed by atoms with Crippen LogP contribution < -0.4 is 5.32 Å². The molecule has 1 N–H and O–H groups in total. The van der Waals surface area contributed by atoms with Crippen molar-refractivity contribution >= 4 is 29.3 Å². The molecule has 19 heavy (non-hydrogen) atoms. The van der Waals surface area contributed by atoms with Crippen molar-refractivity contribution in [3.05, 3.63) is 24.0 Å². The fourth-order valence-electron chi connectivity index (χ4n) is 1.42. The third-order valence-electron chi connectivity index (χ3n) is 2.57. The summed E-state index contributed by atoms with van der Waals surface area (Å²) in [5.74, 6) is 0.940. The van der Waals surface area contributed by atoms with Gasteiger partial charge in [0.15, 0.2) is 0 Å². The van der Waals surface area contributed by atoms with Gasteiger partial charge in [-0.05, 0) is 24.3 Å². The first-order chi connectivity index (χ1) is 9.19. The van der Waals surface area contributed by atoms with Crippen molar-refractivity contribution in [3.8, 4) is 5.95 Å². The highest BCUT2D eigenvalue weighted by Gasteiger charge is 2.07. The number of rotatable bonds is 6. The first-order valence-corrected chi connectivity index (χ1v) is 7.52. The van der Waals surface area contributed by atoms with Gasteiger partial charge in [0, 0.05) is 24.2 Å². The van der Waals surface area contributed by atoms with E-state index in [9.17, 15) is 0 Å². The van der Waals surface area contributed by atoms with E-state index in [0.717, 1.165) is 13.0 Å². The summed E-state index contributed by atoms with van der Waals surface area (Å²) in [4.78, 5) is 16.4. The van der Waals surface area contributed by atoms with Gasteiger partial charge in [-0.15, -0.1) is 0 Å². The summed E-state index contributed by atoms with van der Waals surface area (Å²) < 4.78 is 1.68. The van der Waals surface area contributed by atoms with E-state index in [-0.39, 0.29) is 5.28 Å². The van der Waals surface area contributed by atoms with E-state index in [1.165, 1.54) is 0 Å². The zero-order valence-electron chi connectivity index (χ0n) is 10.7. The lowest BCUT2D eigenvalue weighted by molar-refractivity contribution is 0.832. The molecule has 0 radical (unpaired) electrons. The summed E-state index contributed by atoms with van der Waals surface area (Å²) in [5.41, 5.74) is 0. The van der Waals surface area contributed by atoms with Crippen LogP contribution in [0.1, 0.15) is 13.3 Å². The topological polar surface area (TPSA) is 68.5 Å². The minimum Gasteiger partial charge on any atom is -0.354 e. The maximum atomic E-state index is 5.90. The fraction of sp³-hybridized carbons (Fsp3) is 0.455. The molecular weight excluding hydrogens is 284 g/mol. The van der Waals surface area contributed by atoms with Gasteiger partial charge in [0.1, 0.15) is 6.33 Å². The summed E-state index contributed by atoms with van der Waals surface area (Å²) in [7, 11) is 0. The van der Waals surface area contributed by atoms with Crippen molar-refractivity contribution in [2.45, 2.75) is 18.6 Å². The Bertz CT molecular complexity index is 518. The van der Waals surface area contributed by atoms with Crippen LogP contribution in [0.3, 0.4) is 0 Å². The Labute approximate surface area is 121 Å². The number of anilines is 1. The van der Waals surface area contributed by atoms with Crippen molar-refractivity contribution in [1.82, 2.24) is 24.5 Å². The molecule has 0 saturated heterocycles. The van der Waals surface area contributed by atoms with Crippen molar-refractivity contribution < 1.29 is 0 Å². The van der Waals surface area contributed by atoms with E-state index in [4.69, 9.17) is 11.6 Å². The summed E-state index contributed by atoms with van der Waals surface area (Å²) in [6.07, 6.45) is 8.16. The Morgan fingerprint density at radius 3 is 2.95 bits per heavy atom. The standard InChI is InChI=1S/C11H15ClN6S/c1-8(19-2)3-4-14-10-15-9(12)16-11(17-10)18-6-5-13-7-18/h5-8H,3-4H2,1-2H3,(H,14,15,16,17). The zero-order chi connectivity index (χ0) is 13.7. The average Bonchev–Trinajstić information content (AvgIpc) is 2.91. The second-order valence-electron chi connectivity index (χ2n) is 3.96. The number of hydrogen-bond donors (Lipinski definition) is 1. The van der Waals surface area contributed by atoms with Gasteiger partial charge in [0.05, 0.1) is 0 Å². The molecule has 1 atom stereocenters. The molecule has 0 aliphatic rings. The third kappa shape index (κ3) is 4.07. The van der Waals surface area contributed by atoms with E-state index in [1.54, 1.807) is 23.3 Å². The predicted molar refractivity (Wildman–Crippen MR) is 78.0 cm³/mol. The summed E-state index contributed by atoms with van der Waals surface area (Å²) in [6.45, 7) is 2.98. The number of thioether (sulfide) groups is 1. The van der Waals surface area contributed by atoms with Crippen molar-refractivity contribution in [2.24, 2.45) is 0 Å². The minimum absolute atomic E-state index is 0.166. The Morgan fingerprint density at radius 1 is 1.42 bits per heavy atom. The molecule has 0 spiro atoms. The molecule has 102 valence electrons. The normalized spacial score (nSPS) is 12.4. The lowest BCUT2D eigenvalue weighted by Gasteiger charge is -2.09. The van der Waals surface area contributed by atoms with Gasteiger partial charge in [-0.25, -0.2) is 4.98 Å². The Balaban J connectivity index is 2.05. The molecule has 2 aromatic rings. The highest BCUT2D eigenvalue weighted by atomic mass is 35.5. The molecule has 2 rings (SSSR count). The molecule has 0 aliphatic carbocycles. The number of imidazole rings is 1. The summed E-state index contributed by atoms with van der Waals surface area (Å²) >= 11 is 7.73. The lowest BCUT2D eigenvalue weighted by Crippen LogP contribution is -2.12. The van der Waals surface area contributed by atoms with Gasteiger partial charge in [-0.3, -0.25) is 4.57 Å². The molecule has 0 aromatic carbocycles. The minimum atomic E-state index is 0.166. The van der Waals surface area contributed by atoms with Crippen LogP contribution in [-0.4, -0.2) is 42.6 Å². The number of aromatic nitrogens is 5. The molecule has 6 nitrogen and oxygen atoms in total. The van der Waals surface area contributed by atoms with Crippen LogP contribution >= 0.6 is 23.4 Å². The molecule has 2 aromatic heterocycles. The summed E-state index contributed by atoms with van der Waals surface area (Å²) in [5, 5.41) is 3.92. The molecule has 8 heteroatoms. The molecule has 0 bridgehead atoms. The van der Waals surface area contributed by atoms with Crippen LogP contribution in [0.25, 0.3) is 5.95 Å². The number of nitrogens with zero attached hydrogens (tertiary/aromatic N) is 5. The van der Waals surface area contributed by atoms with E-state index >= 15 is 0 Å². The van der Waals surface area contributed by atoms with Gasteiger partial charge < -0.3 is 5.32 Å². The number of nitrogens with one attached hydrogen (secondary N) is 1. The Kier molecular flexibility index (Phi) is 4.98. The molecule has 2 heterocycles. The van der Waals surface area contributed by atoms with Crippen molar-refractivity contribution in [1.29, 1.82) is 0 Å². The average molecular weight is 299 g/mol. The highest BCUT2D eigenvalue weighted by molar-refractivity contribution is 7.99. The zero-order valence-corrected chi connectivity index (χ0v) is 12.3. The van der Waals surface area contributed by atoms with Crippen LogP contribution in [0.5, 0.6) is 0 Å². The van der Waals surface area contributed by atoms with Crippen LogP contribution in [0, 0.1) is 0 Å². The molecular formula is C11H15ClN6S. The van der Waals surface area contributed by atoms with E-state index in [2.05, 4.69) is 38.4 Å². The smallest absolute Gasteiger partial charge is 0.241 e. The van der Waals surface area contributed by atoms with Gasteiger partial charge in [0.25, 0.3) is 0 Å². The van der Waals surface area contributed by atoms with Gasteiger partial charge in [-0.2, -0.15) is 26.7 Å². The molecule has 0 fully saturated rings. The van der Waals surface area contributed by atoms with Crippen LogP contribution in [-0.2, 0) is 0 Å². The number of halogens is 1. The molecule has 0 amide bonds. The van der Waals surface area contributed by atoms with Gasteiger partial charge in [0.2, 0.25) is 17.2 Å². The van der Waals surface area contributed by atoms with Crippen LogP contribution in [0.4, 0.5) is 5.95 Å². The van der Waals surface area contributed by atoms with E-state index in [1.807, 2.05) is 11.8 Å². The maximum absolute atomic E-state index is 5.90. The molecule has 0 saturated carbocycles. The monoisotopic (exact) mass is 298 g/mol. The Morgan fingerprint density at radius 2 is 2.26 bits per heavy atom. The lowest BCUT2D eigenvalue weighted by atomic mass is 10.3. The second kappa shape index (κ2) is 6.72. The van der Waals surface area contributed by atoms with Crippen molar-refractivity contribution in [2.75, 3.05) is 18.1 Å². The van der Waals surface area contributed by atoms with Gasteiger partial charge in [-0.1, -0.05) is 6.92 Å². The first-order valence-electron chi connectivity index (χ1n) is 5.85.